The van der Waals surface area contributed by atoms with Gasteiger partial charge in [-0.3, -0.25) is 9.59 Å². The molecule has 4 heteroatoms. The van der Waals surface area contributed by atoms with E-state index in [1.807, 2.05) is 0 Å². The number of benzene rings is 1. The third kappa shape index (κ3) is 3.54. The van der Waals surface area contributed by atoms with Crippen LogP contribution in [0.1, 0.15) is 30.1 Å². The van der Waals surface area contributed by atoms with Gasteiger partial charge in [-0.05, 0) is 18.2 Å². The van der Waals surface area contributed by atoms with E-state index >= 15 is 0 Å². The SMILES string of the molecule is CCC(=O)CC(=O)c1ccc(Br)cc1Br. The zero-order valence-corrected chi connectivity index (χ0v) is 11.4. The average Bonchev–Trinajstić information content (AvgIpc) is 2.17. The van der Waals surface area contributed by atoms with Crippen LogP contribution in [-0.4, -0.2) is 11.6 Å². The number of carbonyl (C=O) groups excluding carboxylic acids is 2. The highest BCUT2D eigenvalue weighted by molar-refractivity contribution is 9.11. The number of hydrogen-bond acceptors (Lipinski definition) is 2. The second kappa shape index (κ2) is 5.56. The number of hydrogen-bond donors (Lipinski definition) is 0. The zero-order valence-electron chi connectivity index (χ0n) is 8.22. The van der Waals surface area contributed by atoms with E-state index < -0.39 is 0 Å². The topological polar surface area (TPSA) is 34.1 Å². The fourth-order valence-electron chi connectivity index (χ4n) is 1.11. The molecule has 2 nitrogen and oxygen atoms in total. The van der Waals surface area contributed by atoms with Gasteiger partial charge in [-0.2, -0.15) is 0 Å². The molecule has 0 aliphatic rings. The Morgan fingerprint density at radius 1 is 1.27 bits per heavy atom. The summed E-state index contributed by atoms with van der Waals surface area (Å²) >= 11 is 6.60. The van der Waals surface area contributed by atoms with E-state index in [1.165, 1.54) is 0 Å². The summed E-state index contributed by atoms with van der Waals surface area (Å²) in [5, 5.41) is 0. The van der Waals surface area contributed by atoms with Gasteiger partial charge < -0.3 is 0 Å². The van der Waals surface area contributed by atoms with Crippen LogP contribution < -0.4 is 0 Å². The molecule has 0 radical (unpaired) electrons. The first-order valence-electron chi connectivity index (χ1n) is 4.54. The summed E-state index contributed by atoms with van der Waals surface area (Å²) in [4.78, 5) is 22.8. The van der Waals surface area contributed by atoms with Gasteiger partial charge >= 0.3 is 0 Å². The molecule has 0 spiro atoms. The standard InChI is InChI=1S/C11H10Br2O2/c1-2-8(14)6-11(15)9-4-3-7(12)5-10(9)13/h3-5H,2,6H2,1H3. The van der Waals surface area contributed by atoms with E-state index in [2.05, 4.69) is 31.9 Å². The molecular weight excluding hydrogens is 324 g/mol. The summed E-state index contributed by atoms with van der Waals surface area (Å²) in [6.07, 6.45) is 0.386. The highest BCUT2D eigenvalue weighted by atomic mass is 79.9. The molecular formula is C11H10Br2O2. The Kier molecular flexibility index (Phi) is 4.67. The van der Waals surface area contributed by atoms with Gasteiger partial charge in [0.15, 0.2) is 5.78 Å². The van der Waals surface area contributed by atoms with E-state index in [-0.39, 0.29) is 18.0 Å². The van der Waals surface area contributed by atoms with Crippen molar-refractivity contribution in [3.63, 3.8) is 0 Å². The largest absolute Gasteiger partial charge is 0.299 e. The maximum absolute atomic E-state index is 11.7. The van der Waals surface area contributed by atoms with Crippen molar-refractivity contribution in [1.82, 2.24) is 0 Å². The van der Waals surface area contributed by atoms with Crippen molar-refractivity contribution in [2.24, 2.45) is 0 Å². The normalized spacial score (nSPS) is 10.1. The highest BCUT2D eigenvalue weighted by Crippen LogP contribution is 2.23. The van der Waals surface area contributed by atoms with Crippen molar-refractivity contribution < 1.29 is 9.59 Å². The molecule has 0 fully saturated rings. The lowest BCUT2D eigenvalue weighted by atomic mass is 10.1. The van der Waals surface area contributed by atoms with Crippen molar-refractivity contribution in [3.8, 4) is 0 Å². The van der Waals surface area contributed by atoms with Gasteiger partial charge in [-0.1, -0.05) is 38.8 Å². The first kappa shape index (κ1) is 12.6. The second-order valence-electron chi connectivity index (χ2n) is 3.12. The van der Waals surface area contributed by atoms with Crippen LogP contribution in [0.3, 0.4) is 0 Å². The molecule has 0 unspecified atom stereocenters. The lowest BCUT2D eigenvalue weighted by Gasteiger charge is -2.03. The Morgan fingerprint density at radius 3 is 2.47 bits per heavy atom. The maximum Gasteiger partial charge on any atom is 0.171 e. The maximum atomic E-state index is 11.7. The number of rotatable bonds is 4. The predicted molar refractivity (Wildman–Crippen MR) is 66.1 cm³/mol. The lowest BCUT2D eigenvalue weighted by Crippen LogP contribution is -2.07. The Bertz CT molecular complexity index is 400. The Morgan fingerprint density at radius 2 is 1.93 bits per heavy atom. The molecule has 1 aromatic rings. The monoisotopic (exact) mass is 332 g/mol. The van der Waals surface area contributed by atoms with E-state index in [1.54, 1.807) is 25.1 Å². The van der Waals surface area contributed by atoms with Crippen molar-refractivity contribution in [1.29, 1.82) is 0 Å². The van der Waals surface area contributed by atoms with Gasteiger partial charge in [0, 0.05) is 20.9 Å². The minimum absolute atomic E-state index is 0.0171. The number of ketones is 2. The van der Waals surface area contributed by atoms with Crippen LogP contribution in [0.15, 0.2) is 27.1 Å². The molecule has 15 heavy (non-hydrogen) atoms. The molecule has 0 saturated heterocycles. The van der Waals surface area contributed by atoms with Crippen LogP contribution in [0, 0.1) is 0 Å². The molecule has 0 heterocycles. The number of halogens is 2. The minimum Gasteiger partial charge on any atom is -0.299 e. The smallest absolute Gasteiger partial charge is 0.171 e. The fourth-order valence-corrected chi connectivity index (χ4v) is 2.38. The van der Waals surface area contributed by atoms with Gasteiger partial charge in [-0.15, -0.1) is 0 Å². The summed E-state index contributed by atoms with van der Waals surface area (Å²) in [6.45, 7) is 1.76. The summed E-state index contributed by atoms with van der Waals surface area (Å²) in [5.74, 6) is -0.170. The van der Waals surface area contributed by atoms with Gasteiger partial charge in [-0.25, -0.2) is 0 Å². The Balaban J connectivity index is 2.87. The third-order valence-electron chi connectivity index (χ3n) is 1.98. The molecule has 0 aliphatic heterocycles. The van der Waals surface area contributed by atoms with Crippen molar-refractivity contribution in [2.75, 3.05) is 0 Å². The molecule has 0 aromatic heterocycles. The van der Waals surface area contributed by atoms with Crippen molar-refractivity contribution >= 4 is 43.4 Å². The van der Waals surface area contributed by atoms with Gasteiger partial charge in [0.1, 0.15) is 5.78 Å². The average molecular weight is 334 g/mol. The van der Waals surface area contributed by atoms with Crippen LogP contribution in [0.25, 0.3) is 0 Å². The fraction of sp³-hybridized carbons (Fsp3) is 0.273. The summed E-state index contributed by atoms with van der Waals surface area (Å²) in [7, 11) is 0. The van der Waals surface area contributed by atoms with Gasteiger partial charge in [0.05, 0.1) is 6.42 Å². The third-order valence-corrected chi connectivity index (χ3v) is 3.13. The number of Topliss-reactive ketones (excluding diaryl/α,β-unsaturated/α-hetero) is 2. The summed E-state index contributed by atoms with van der Waals surface area (Å²) < 4.78 is 1.61. The molecule has 0 aliphatic carbocycles. The zero-order chi connectivity index (χ0) is 11.4. The first-order valence-corrected chi connectivity index (χ1v) is 6.13. The molecule has 80 valence electrons. The highest BCUT2D eigenvalue weighted by Gasteiger charge is 2.13. The van der Waals surface area contributed by atoms with E-state index in [9.17, 15) is 9.59 Å². The molecule has 0 atom stereocenters. The van der Waals surface area contributed by atoms with Crippen molar-refractivity contribution in [3.05, 3.63) is 32.7 Å². The van der Waals surface area contributed by atoms with Crippen LogP contribution in [0.4, 0.5) is 0 Å². The molecule has 1 aromatic carbocycles. The predicted octanol–water partition coefficient (Wildman–Crippen LogP) is 3.76. The van der Waals surface area contributed by atoms with Crippen molar-refractivity contribution in [2.45, 2.75) is 19.8 Å². The van der Waals surface area contributed by atoms with Crippen LogP contribution in [0.5, 0.6) is 0 Å². The lowest BCUT2D eigenvalue weighted by molar-refractivity contribution is -0.117. The van der Waals surface area contributed by atoms with Gasteiger partial charge in [0.25, 0.3) is 0 Å². The van der Waals surface area contributed by atoms with Gasteiger partial charge in [0.2, 0.25) is 0 Å². The second-order valence-corrected chi connectivity index (χ2v) is 4.89. The minimum atomic E-state index is -0.138. The Labute approximate surface area is 105 Å². The molecule has 0 bridgehead atoms. The van der Waals surface area contributed by atoms with E-state index in [4.69, 9.17) is 0 Å². The van der Waals surface area contributed by atoms with Crippen LogP contribution >= 0.6 is 31.9 Å². The quantitative estimate of drug-likeness (QED) is 0.621. The molecule has 0 saturated carbocycles. The van der Waals surface area contributed by atoms with E-state index in [0.717, 1.165) is 4.47 Å². The molecule has 1 rings (SSSR count). The molecule has 0 amide bonds. The summed E-state index contributed by atoms with van der Waals surface area (Å²) in [5.41, 5.74) is 0.556. The first-order chi connectivity index (χ1) is 7.04. The number of carbonyl (C=O) groups is 2. The molecule has 0 N–H and O–H groups in total. The Hall–Kier alpha value is -0.480. The van der Waals surface area contributed by atoms with Crippen LogP contribution in [-0.2, 0) is 4.79 Å². The summed E-state index contributed by atoms with van der Waals surface area (Å²) in [6, 6.07) is 5.29. The van der Waals surface area contributed by atoms with E-state index in [0.29, 0.717) is 16.5 Å². The van der Waals surface area contributed by atoms with Crippen LogP contribution in [0.2, 0.25) is 0 Å².